The Kier molecular flexibility index (Phi) is 6.62. The van der Waals surface area contributed by atoms with Crippen molar-refractivity contribution in [3.05, 3.63) is 83.6 Å². The van der Waals surface area contributed by atoms with Gasteiger partial charge in [0.1, 0.15) is 5.76 Å². The maximum Gasteiger partial charge on any atom is 0.231 e. The zero-order chi connectivity index (χ0) is 27.0. The van der Waals surface area contributed by atoms with E-state index in [1.807, 2.05) is 30.5 Å². The van der Waals surface area contributed by atoms with Crippen molar-refractivity contribution in [3.8, 4) is 16.9 Å². The number of amides is 1. The van der Waals surface area contributed by atoms with Crippen LogP contribution in [0.15, 0.2) is 59.4 Å². The van der Waals surface area contributed by atoms with Gasteiger partial charge in [-0.3, -0.25) is 9.48 Å². The van der Waals surface area contributed by atoms with Crippen LogP contribution in [-0.4, -0.2) is 38.5 Å². The minimum Gasteiger partial charge on any atom is -0.494 e. The van der Waals surface area contributed by atoms with Crippen LogP contribution in [0.3, 0.4) is 0 Å². The molecule has 0 spiro atoms. The van der Waals surface area contributed by atoms with E-state index in [4.69, 9.17) is 9.15 Å². The highest BCUT2D eigenvalue weighted by Gasteiger charge is 2.27. The summed E-state index contributed by atoms with van der Waals surface area (Å²) in [6.45, 7) is 5.76. The quantitative estimate of drug-likeness (QED) is 0.361. The first-order valence-electron chi connectivity index (χ1n) is 12.2. The number of anilines is 1. The highest BCUT2D eigenvalue weighted by Crippen LogP contribution is 2.36. The van der Waals surface area contributed by atoms with E-state index in [-0.39, 0.29) is 24.6 Å². The Morgan fingerprint density at radius 3 is 2.66 bits per heavy atom. The molecule has 1 N–H and O–H groups in total. The molecule has 0 fully saturated rings. The average molecular weight is 517 g/mol. The molecule has 4 aromatic rings. The zero-order valence-corrected chi connectivity index (χ0v) is 21.7. The second kappa shape index (κ2) is 9.90. The van der Waals surface area contributed by atoms with Gasteiger partial charge >= 0.3 is 0 Å². The Morgan fingerprint density at radius 2 is 1.97 bits per heavy atom. The van der Waals surface area contributed by atoms with Crippen molar-refractivity contribution in [2.45, 2.75) is 45.9 Å². The highest BCUT2D eigenvalue weighted by atomic mass is 19.1. The van der Waals surface area contributed by atoms with E-state index in [0.717, 1.165) is 16.7 Å². The maximum absolute atomic E-state index is 14.5. The fourth-order valence-electron chi connectivity index (χ4n) is 4.51. The number of oxazole rings is 1. The normalized spacial score (nSPS) is 13.8. The zero-order valence-electron chi connectivity index (χ0n) is 21.7. The van der Waals surface area contributed by atoms with Gasteiger partial charge in [-0.05, 0) is 61.7 Å². The summed E-state index contributed by atoms with van der Waals surface area (Å²) in [5.41, 5.74) is 3.57. The van der Waals surface area contributed by atoms with Gasteiger partial charge in [0, 0.05) is 17.3 Å². The summed E-state index contributed by atoms with van der Waals surface area (Å²) in [6, 6.07) is 10.5. The van der Waals surface area contributed by atoms with Crippen LogP contribution in [0.5, 0.6) is 5.75 Å². The van der Waals surface area contributed by atoms with Crippen molar-refractivity contribution in [3.63, 3.8) is 0 Å². The third-order valence-corrected chi connectivity index (χ3v) is 6.26. The van der Waals surface area contributed by atoms with Crippen molar-refractivity contribution in [1.29, 1.82) is 0 Å². The first-order chi connectivity index (χ1) is 18.1. The molecule has 2 aromatic heterocycles. The molecule has 1 aliphatic heterocycles. The van der Waals surface area contributed by atoms with Crippen LogP contribution in [0.1, 0.15) is 43.0 Å². The molecule has 0 bridgehead atoms. The summed E-state index contributed by atoms with van der Waals surface area (Å²) in [4.78, 5) is 19.6. The summed E-state index contributed by atoms with van der Waals surface area (Å²) < 4.78 is 26.9. The number of aliphatic hydroxyl groups is 1. The SMILES string of the molecule is COc1ccc(CN2C(=O)CC(c3ncc(C)o3)=Cc3ccc(-c4cnn(CC(C)(C)O)c4)cc32)cc1F. The molecule has 196 valence electrons. The fraction of sp³-hybridized carbons (Fsp3) is 0.276. The van der Waals surface area contributed by atoms with Gasteiger partial charge in [-0.1, -0.05) is 18.2 Å². The summed E-state index contributed by atoms with van der Waals surface area (Å²) in [5.74, 6) is 0.536. The molecule has 2 aromatic carbocycles. The molecule has 0 unspecified atom stereocenters. The van der Waals surface area contributed by atoms with Gasteiger partial charge in [0.05, 0.1) is 50.3 Å². The van der Waals surface area contributed by atoms with E-state index < -0.39 is 11.4 Å². The number of carbonyl (C=O) groups is 1. The number of methoxy groups -OCH3 is 1. The molecule has 1 aliphatic rings. The molecule has 1 amide bonds. The summed E-state index contributed by atoms with van der Waals surface area (Å²) >= 11 is 0. The van der Waals surface area contributed by atoms with E-state index in [1.165, 1.54) is 13.2 Å². The number of carbonyl (C=O) groups excluding carboxylic acids is 1. The van der Waals surface area contributed by atoms with E-state index in [1.54, 1.807) is 54.9 Å². The first kappa shape index (κ1) is 25.4. The lowest BCUT2D eigenvalue weighted by Gasteiger charge is -2.24. The Labute approximate surface area is 220 Å². The number of hydrogen-bond donors (Lipinski definition) is 1. The molecular formula is C29H29FN4O4. The second-order valence-electron chi connectivity index (χ2n) is 10.1. The van der Waals surface area contributed by atoms with Crippen molar-refractivity contribution in [2.75, 3.05) is 12.0 Å². The van der Waals surface area contributed by atoms with Crippen molar-refractivity contribution >= 4 is 23.2 Å². The van der Waals surface area contributed by atoms with Gasteiger partial charge < -0.3 is 19.2 Å². The predicted octanol–water partition coefficient (Wildman–Crippen LogP) is 5.24. The summed E-state index contributed by atoms with van der Waals surface area (Å²) in [7, 11) is 1.41. The van der Waals surface area contributed by atoms with Gasteiger partial charge in [-0.25, -0.2) is 9.37 Å². The number of nitrogens with zero attached hydrogens (tertiary/aromatic N) is 4. The molecule has 0 saturated carbocycles. The van der Waals surface area contributed by atoms with Crippen molar-refractivity contribution in [2.24, 2.45) is 0 Å². The van der Waals surface area contributed by atoms with Gasteiger partial charge in [-0.15, -0.1) is 0 Å². The molecule has 0 radical (unpaired) electrons. The Hall–Kier alpha value is -4.24. The van der Waals surface area contributed by atoms with E-state index in [2.05, 4.69) is 10.1 Å². The number of aromatic nitrogens is 3. The first-order valence-corrected chi connectivity index (χ1v) is 12.2. The molecule has 9 heteroatoms. The van der Waals surface area contributed by atoms with Crippen LogP contribution >= 0.6 is 0 Å². The second-order valence-corrected chi connectivity index (χ2v) is 10.1. The highest BCUT2D eigenvalue weighted by molar-refractivity contribution is 6.06. The number of benzene rings is 2. The van der Waals surface area contributed by atoms with Crippen LogP contribution in [0.4, 0.5) is 10.1 Å². The van der Waals surface area contributed by atoms with Crippen molar-refractivity contribution < 1.29 is 23.4 Å². The predicted molar refractivity (Wildman–Crippen MR) is 142 cm³/mol. The Balaban J connectivity index is 1.57. The number of aryl methyl sites for hydroxylation is 1. The van der Waals surface area contributed by atoms with Crippen LogP contribution in [-0.2, 0) is 17.9 Å². The third-order valence-electron chi connectivity index (χ3n) is 6.26. The van der Waals surface area contributed by atoms with E-state index in [9.17, 15) is 14.3 Å². The minimum absolute atomic E-state index is 0.0755. The molecule has 0 atom stereocenters. The number of halogens is 1. The number of fused-ring (bicyclic) bond motifs is 1. The van der Waals surface area contributed by atoms with Gasteiger partial charge in [0.15, 0.2) is 11.6 Å². The lowest BCUT2D eigenvalue weighted by molar-refractivity contribution is -0.117. The topological polar surface area (TPSA) is 93.6 Å². The van der Waals surface area contributed by atoms with E-state index >= 15 is 0 Å². The van der Waals surface area contributed by atoms with Gasteiger partial charge in [0.25, 0.3) is 0 Å². The number of rotatable bonds is 7. The van der Waals surface area contributed by atoms with Crippen LogP contribution in [0.2, 0.25) is 0 Å². The smallest absolute Gasteiger partial charge is 0.231 e. The molecule has 0 saturated heterocycles. The largest absolute Gasteiger partial charge is 0.494 e. The molecular weight excluding hydrogens is 487 g/mol. The Bertz CT molecular complexity index is 1530. The van der Waals surface area contributed by atoms with Crippen molar-refractivity contribution in [1.82, 2.24) is 14.8 Å². The lowest BCUT2D eigenvalue weighted by Crippen LogP contribution is -2.30. The molecule has 0 aliphatic carbocycles. The monoisotopic (exact) mass is 516 g/mol. The lowest BCUT2D eigenvalue weighted by atomic mass is 10.0. The summed E-state index contributed by atoms with van der Waals surface area (Å²) in [6.07, 6.45) is 7.20. The van der Waals surface area contributed by atoms with E-state index in [0.29, 0.717) is 35.0 Å². The number of hydrogen-bond acceptors (Lipinski definition) is 6. The number of ether oxygens (including phenoxy) is 1. The molecule has 38 heavy (non-hydrogen) atoms. The Morgan fingerprint density at radius 1 is 1.16 bits per heavy atom. The molecule has 8 nitrogen and oxygen atoms in total. The minimum atomic E-state index is -0.909. The van der Waals surface area contributed by atoms with Crippen LogP contribution in [0, 0.1) is 12.7 Å². The summed E-state index contributed by atoms with van der Waals surface area (Å²) in [5, 5.41) is 14.5. The fourth-order valence-corrected chi connectivity index (χ4v) is 4.51. The molecule has 5 rings (SSSR count). The standard InChI is InChI=1S/C29H29FN4O4/c1-18-13-31-28(38-18)22-10-21-7-6-20(23-14-32-33(16-23)17-29(2,3)36)11-25(21)34(27(35)12-22)15-19-5-8-26(37-4)24(30)9-19/h5-11,13-14,16,36H,12,15,17H2,1-4H3. The average Bonchev–Trinajstić information content (AvgIpc) is 3.47. The van der Waals surface area contributed by atoms with Crippen LogP contribution < -0.4 is 9.64 Å². The van der Waals surface area contributed by atoms with Gasteiger partial charge in [0.2, 0.25) is 11.8 Å². The van der Waals surface area contributed by atoms with Crippen LogP contribution in [0.25, 0.3) is 22.8 Å². The maximum atomic E-state index is 14.5. The molecule has 3 heterocycles. The third kappa shape index (κ3) is 5.38. The van der Waals surface area contributed by atoms with Gasteiger partial charge in [-0.2, -0.15) is 5.10 Å².